The average Bonchev–Trinajstić information content (AvgIpc) is 3.28. The van der Waals surface area contributed by atoms with Crippen LogP contribution in [0.2, 0.25) is 0 Å². The van der Waals surface area contributed by atoms with Gasteiger partial charge in [0.1, 0.15) is 40.2 Å². The Morgan fingerprint density at radius 1 is 0.303 bits per heavy atom. The minimum Gasteiger partial charge on any atom is -0.508 e. The van der Waals surface area contributed by atoms with Gasteiger partial charge >= 0.3 is 0 Å². The second-order valence-electron chi connectivity index (χ2n) is 19.0. The first-order valence-electron chi connectivity index (χ1n) is 22.7. The first-order chi connectivity index (χ1) is 31.0. The summed E-state index contributed by atoms with van der Waals surface area (Å²) < 4.78 is 0. The summed E-state index contributed by atoms with van der Waals surface area (Å²) in [5.41, 5.74) is 18.9. The van der Waals surface area contributed by atoms with E-state index < -0.39 is 11.8 Å². The molecule has 66 heavy (non-hydrogen) atoms. The maximum Gasteiger partial charge on any atom is 0.122 e. The van der Waals surface area contributed by atoms with Gasteiger partial charge in [0.15, 0.2) is 0 Å². The second-order valence-corrected chi connectivity index (χ2v) is 19.0. The molecule has 7 rings (SSSR count). The lowest BCUT2D eigenvalue weighted by atomic mass is 9.77. The monoisotopic (exact) mass is 884 g/mol. The van der Waals surface area contributed by atoms with Crippen molar-refractivity contribution in [2.75, 3.05) is 0 Å². The van der Waals surface area contributed by atoms with E-state index in [0.29, 0.717) is 24.0 Å². The van der Waals surface area contributed by atoms with E-state index in [-0.39, 0.29) is 40.2 Å². The van der Waals surface area contributed by atoms with Crippen LogP contribution in [0, 0.1) is 90.0 Å². The van der Waals surface area contributed by atoms with E-state index in [1.54, 1.807) is 12.1 Å². The fourth-order valence-corrected chi connectivity index (χ4v) is 10.1. The van der Waals surface area contributed by atoms with Gasteiger partial charge in [-0.2, -0.15) is 0 Å². The number of aromatic hydroxyl groups is 7. The van der Waals surface area contributed by atoms with E-state index >= 15 is 0 Å². The number of phenols is 7. The highest BCUT2D eigenvalue weighted by molar-refractivity contribution is 5.63. The maximum absolute atomic E-state index is 12.1. The fourth-order valence-electron chi connectivity index (χ4n) is 10.1. The van der Waals surface area contributed by atoms with E-state index in [1.165, 1.54) is 0 Å². The van der Waals surface area contributed by atoms with E-state index in [0.717, 1.165) is 117 Å². The Kier molecular flexibility index (Phi) is 12.7. The first-order valence-corrected chi connectivity index (χ1v) is 22.7. The van der Waals surface area contributed by atoms with Crippen LogP contribution in [0.25, 0.3) is 0 Å². The van der Waals surface area contributed by atoms with E-state index in [1.807, 2.05) is 151 Å². The summed E-state index contributed by atoms with van der Waals surface area (Å²) in [6.07, 6.45) is 0.751. The van der Waals surface area contributed by atoms with Crippen LogP contribution in [-0.4, -0.2) is 35.7 Å². The zero-order valence-electron chi connectivity index (χ0n) is 40.6. The number of rotatable bonds is 10. The maximum atomic E-state index is 12.1. The Bertz CT molecular complexity index is 2770. The summed E-state index contributed by atoms with van der Waals surface area (Å²) in [7, 11) is 0. The Balaban J connectivity index is 1.32. The highest BCUT2D eigenvalue weighted by Crippen LogP contribution is 2.47. The largest absolute Gasteiger partial charge is 0.508 e. The van der Waals surface area contributed by atoms with Gasteiger partial charge in [-0.3, -0.25) is 0 Å². The van der Waals surface area contributed by atoms with Crippen molar-refractivity contribution in [3.05, 3.63) is 201 Å². The molecule has 0 unspecified atom stereocenters. The van der Waals surface area contributed by atoms with Gasteiger partial charge in [-0.25, -0.2) is 0 Å². The molecular formula is C59H64O7. The SMILES string of the molecule is Cc1cc(Cc2ccc(O)c(C(c3cc(C)c(O)c(C)c3C)c3cc(C)c(O)c(C)c3C)c2)c(O)c(Cc2ccc(O)c(C(c3cc(C)c(O)c(C)c3C)c3cc(C)c(O)c(C)c3C)c2)c1. The molecule has 342 valence electrons. The van der Waals surface area contributed by atoms with Crippen LogP contribution in [0.4, 0.5) is 0 Å². The number of benzene rings is 7. The minimum absolute atomic E-state index is 0.116. The van der Waals surface area contributed by atoms with Crippen molar-refractivity contribution in [2.45, 2.75) is 115 Å². The van der Waals surface area contributed by atoms with Crippen LogP contribution in [0.3, 0.4) is 0 Å². The molecule has 0 saturated heterocycles. The predicted molar refractivity (Wildman–Crippen MR) is 266 cm³/mol. The van der Waals surface area contributed by atoms with Crippen molar-refractivity contribution >= 4 is 0 Å². The molecule has 0 aliphatic carbocycles. The molecule has 0 radical (unpaired) electrons. The zero-order valence-corrected chi connectivity index (χ0v) is 40.6. The summed E-state index contributed by atoms with van der Waals surface area (Å²) in [4.78, 5) is 0. The third-order valence-corrected chi connectivity index (χ3v) is 14.6. The van der Waals surface area contributed by atoms with Crippen molar-refractivity contribution in [2.24, 2.45) is 0 Å². The molecule has 0 aliphatic rings. The van der Waals surface area contributed by atoms with Gasteiger partial charge in [-0.15, -0.1) is 0 Å². The highest BCUT2D eigenvalue weighted by atomic mass is 16.3. The molecule has 0 bridgehead atoms. The molecule has 0 spiro atoms. The lowest BCUT2D eigenvalue weighted by molar-refractivity contribution is 0.462. The molecule has 0 saturated carbocycles. The predicted octanol–water partition coefficient (Wildman–Crippen LogP) is 13.2. The second kappa shape index (κ2) is 17.8. The molecule has 0 heterocycles. The van der Waals surface area contributed by atoms with Crippen molar-refractivity contribution in [3.8, 4) is 40.2 Å². The van der Waals surface area contributed by atoms with Crippen LogP contribution in [0.1, 0.15) is 140 Å². The summed E-state index contributed by atoms with van der Waals surface area (Å²) in [5, 5.41) is 79.2. The molecule has 0 fully saturated rings. The number of hydrogen-bond donors (Lipinski definition) is 7. The van der Waals surface area contributed by atoms with Crippen molar-refractivity contribution in [3.63, 3.8) is 0 Å². The van der Waals surface area contributed by atoms with E-state index in [9.17, 15) is 35.7 Å². The van der Waals surface area contributed by atoms with Crippen LogP contribution >= 0.6 is 0 Å². The Morgan fingerprint density at radius 2 is 0.576 bits per heavy atom. The van der Waals surface area contributed by atoms with Gasteiger partial charge in [0.25, 0.3) is 0 Å². The first kappa shape index (κ1) is 47.1. The molecule has 0 aromatic heterocycles. The summed E-state index contributed by atoms with van der Waals surface area (Å²) in [6.45, 7) is 25.1. The van der Waals surface area contributed by atoms with Gasteiger partial charge in [0, 0.05) is 35.8 Å². The molecule has 0 atom stereocenters. The van der Waals surface area contributed by atoms with Crippen LogP contribution < -0.4 is 0 Å². The van der Waals surface area contributed by atoms with Crippen molar-refractivity contribution < 1.29 is 35.7 Å². The van der Waals surface area contributed by atoms with Crippen LogP contribution in [-0.2, 0) is 12.8 Å². The molecule has 7 nitrogen and oxygen atoms in total. The molecular weight excluding hydrogens is 821 g/mol. The van der Waals surface area contributed by atoms with Crippen molar-refractivity contribution in [1.82, 2.24) is 0 Å². The molecule has 7 heteroatoms. The van der Waals surface area contributed by atoms with Crippen LogP contribution in [0.15, 0.2) is 72.8 Å². The molecule has 0 aliphatic heterocycles. The molecule has 7 aromatic rings. The molecule has 7 N–H and O–H groups in total. The summed E-state index contributed by atoms with van der Waals surface area (Å²) >= 11 is 0. The van der Waals surface area contributed by atoms with Crippen LogP contribution in [0.5, 0.6) is 40.2 Å². The lowest BCUT2D eigenvalue weighted by Crippen LogP contribution is -2.11. The number of aryl methyl sites for hydroxylation is 5. The Morgan fingerprint density at radius 3 is 0.848 bits per heavy atom. The topological polar surface area (TPSA) is 142 Å². The van der Waals surface area contributed by atoms with Gasteiger partial charge in [-0.1, -0.05) is 66.2 Å². The Labute approximate surface area is 390 Å². The smallest absolute Gasteiger partial charge is 0.122 e. The Hall–Kier alpha value is -6.86. The van der Waals surface area contributed by atoms with Gasteiger partial charge < -0.3 is 35.7 Å². The molecule has 0 amide bonds. The van der Waals surface area contributed by atoms with Gasteiger partial charge in [0.05, 0.1) is 0 Å². The zero-order chi connectivity index (χ0) is 48.4. The van der Waals surface area contributed by atoms with Crippen molar-refractivity contribution in [1.29, 1.82) is 0 Å². The van der Waals surface area contributed by atoms with Gasteiger partial charge in [-0.05, 0) is 213 Å². The third kappa shape index (κ3) is 8.32. The molecule has 7 aromatic carbocycles. The number of phenolic OH excluding ortho intramolecular Hbond substituents is 7. The number of hydrogen-bond acceptors (Lipinski definition) is 7. The normalized spacial score (nSPS) is 11.6. The highest BCUT2D eigenvalue weighted by Gasteiger charge is 2.30. The summed E-state index contributed by atoms with van der Waals surface area (Å²) in [6, 6.07) is 23.1. The minimum atomic E-state index is -0.438. The third-order valence-electron chi connectivity index (χ3n) is 14.6. The van der Waals surface area contributed by atoms with Gasteiger partial charge in [0.2, 0.25) is 0 Å². The average molecular weight is 885 g/mol. The standard InChI is InChI=1S/C59H64O7/c1-28-18-43(24-41-14-16-51(60)49(26-41)53(45-20-29(2)55(62)37(10)33(45)6)46-21-30(3)56(63)38(11)34(46)7)59(66)44(19-28)25-42-15-17-52(61)50(27-42)54(47-22-31(4)57(64)39(12)35(47)8)48-23-32(5)58(65)40(13)36(48)9/h14-23,26-27,53-54,60-66H,24-25H2,1-13H3. The summed E-state index contributed by atoms with van der Waals surface area (Å²) in [5.74, 6) is 0.493. The lowest BCUT2D eigenvalue weighted by Gasteiger charge is -2.27. The van der Waals surface area contributed by atoms with E-state index in [2.05, 4.69) is 0 Å². The van der Waals surface area contributed by atoms with E-state index in [4.69, 9.17) is 0 Å². The fraction of sp³-hybridized carbons (Fsp3) is 0.288. The quantitative estimate of drug-likeness (QED) is 0.0678.